The molecule has 2 fully saturated rings. The fourth-order valence-corrected chi connectivity index (χ4v) is 5.08. The van der Waals surface area contributed by atoms with Crippen LogP contribution in [-0.2, 0) is 4.74 Å². The molecule has 0 bridgehead atoms. The molecule has 2 atom stereocenters. The van der Waals surface area contributed by atoms with E-state index >= 15 is 4.39 Å². The average molecular weight is 535 g/mol. The summed E-state index contributed by atoms with van der Waals surface area (Å²) >= 11 is 6.02. The molecular weight excluding hydrogens is 507 g/mol. The first-order valence-electron chi connectivity index (χ1n) is 12.9. The van der Waals surface area contributed by atoms with Gasteiger partial charge in [0.05, 0.1) is 18.4 Å². The van der Waals surface area contributed by atoms with Crippen LogP contribution in [0, 0.1) is 25.6 Å². The first kappa shape index (κ1) is 24.9. The van der Waals surface area contributed by atoms with Crippen molar-refractivity contribution in [3.05, 3.63) is 86.3 Å². The summed E-state index contributed by atoms with van der Waals surface area (Å²) in [5.74, 6) is 0.752. The van der Waals surface area contributed by atoms with Gasteiger partial charge in [-0.3, -0.25) is 4.79 Å². The van der Waals surface area contributed by atoms with Gasteiger partial charge >= 0.3 is 0 Å². The molecule has 2 aliphatic rings. The molecule has 0 N–H and O–H groups in total. The van der Waals surface area contributed by atoms with E-state index in [0.29, 0.717) is 70.2 Å². The predicted molar refractivity (Wildman–Crippen MR) is 142 cm³/mol. The van der Waals surface area contributed by atoms with Crippen LogP contribution in [0.3, 0.4) is 0 Å². The molecule has 1 saturated heterocycles. The van der Waals surface area contributed by atoms with Crippen LogP contribution in [0.5, 0.6) is 5.88 Å². The van der Waals surface area contributed by atoms with Gasteiger partial charge in [-0.05, 0) is 81.3 Å². The lowest BCUT2D eigenvalue weighted by Crippen LogP contribution is -2.25. The van der Waals surface area contributed by atoms with Gasteiger partial charge in [0, 0.05) is 52.2 Å². The molecule has 2 unspecified atom stereocenters. The molecular formula is C29H28ClFN4O3. The number of aryl methyl sites for hydroxylation is 1. The van der Waals surface area contributed by atoms with Crippen molar-refractivity contribution in [2.45, 2.75) is 51.6 Å². The summed E-state index contributed by atoms with van der Waals surface area (Å²) in [5, 5.41) is 5.03. The number of pyridine rings is 1. The monoisotopic (exact) mass is 534 g/mol. The molecule has 6 rings (SSSR count). The number of hydrogen-bond acceptors (Lipinski definition) is 6. The summed E-state index contributed by atoms with van der Waals surface area (Å²) in [4.78, 5) is 22.2. The van der Waals surface area contributed by atoms with Gasteiger partial charge in [0.15, 0.2) is 5.65 Å². The Kier molecular flexibility index (Phi) is 6.61. The summed E-state index contributed by atoms with van der Waals surface area (Å²) in [6.07, 6.45) is 5.37. The molecule has 1 aliphatic heterocycles. The number of fused-ring (bicyclic) bond motifs is 1. The highest BCUT2D eigenvalue weighted by atomic mass is 35.5. The van der Waals surface area contributed by atoms with E-state index in [4.69, 9.17) is 26.2 Å². The Morgan fingerprint density at radius 3 is 2.76 bits per heavy atom. The Balaban J connectivity index is 1.38. The summed E-state index contributed by atoms with van der Waals surface area (Å²) in [6.45, 7) is 4.72. The third kappa shape index (κ3) is 4.90. The van der Waals surface area contributed by atoms with Crippen molar-refractivity contribution in [1.82, 2.24) is 19.6 Å². The Morgan fingerprint density at radius 1 is 1.13 bits per heavy atom. The van der Waals surface area contributed by atoms with Gasteiger partial charge < -0.3 is 9.47 Å². The number of halogens is 2. The van der Waals surface area contributed by atoms with Crippen LogP contribution in [-0.4, -0.2) is 32.8 Å². The molecule has 4 heterocycles. The van der Waals surface area contributed by atoms with Crippen molar-refractivity contribution in [2.24, 2.45) is 5.92 Å². The molecule has 1 saturated carbocycles. The van der Waals surface area contributed by atoms with E-state index in [-0.39, 0.29) is 17.6 Å². The number of nitrogens with zero attached hydrogens (tertiary/aromatic N) is 4. The summed E-state index contributed by atoms with van der Waals surface area (Å²) < 4.78 is 28.4. The van der Waals surface area contributed by atoms with Gasteiger partial charge in [0.25, 0.3) is 5.56 Å². The average Bonchev–Trinajstić information content (AvgIpc) is 3.76. The predicted octanol–water partition coefficient (Wildman–Crippen LogP) is 5.98. The lowest BCUT2D eigenvalue weighted by Gasteiger charge is -2.30. The Hall–Kier alpha value is -3.36. The Morgan fingerprint density at radius 2 is 1.97 bits per heavy atom. The smallest absolute Gasteiger partial charge is 0.277 e. The zero-order chi connectivity index (χ0) is 26.4. The lowest BCUT2D eigenvalue weighted by atomic mass is 9.88. The third-order valence-corrected chi connectivity index (χ3v) is 7.73. The molecule has 7 nitrogen and oxygen atoms in total. The molecule has 196 valence electrons. The largest absolute Gasteiger partial charge is 0.477 e. The maximum Gasteiger partial charge on any atom is 0.277 e. The van der Waals surface area contributed by atoms with Crippen molar-refractivity contribution in [3.63, 3.8) is 0 Å². The normalized spacial score (nSPS) is 19.6. The number of ether oxygens (including phenoxy) is 2. The molecule has 0 spiro atoms. The minimum Gasteiger partial charge on any atom is -0.477 e. The minimum atomic E-state index is -0.482. The molecule has 3 aromatic heterocycles. The van der Waals surface area contributed by atoms with Crippen LogP contribution in [0.25, 0.3) is 16.8 Å². The quantitative estimate of drug-likeness (QED) is 0.302. The van der Waals surface area contributed by atoms with E-state index in [1.54, 1.807) is 32.2 Å². The summed E-state index contributed by atoms with van der Waals surface area (Å²) in [5.41, 5.74) is 3.66. The van der Waals surface area contributed by atoms with Crippen LogP contribution in [0.4, 0.5) is 4.39 Å². The van der Waals surface area contributed by atoms with Gasteiger partial charge in [0.2, 0.25) is 5.88 Å². The molecule has 9 heteroatoms. The van der Waals surface area contributed by atoms with E-state index in [1.165, 1.54) is 23.4 Å². The summed E-state index contributed by atoms with van der Waals surface area (Å²) in [6, 6.07) is 10.3. The maximum absolute atomic E-state index is 15.1. The number of benzene rings is 1. The molecule has 1 aliphatic carbocycles. The minimum absolute atomic E-state index is 0.00947. The second-order valence-electron chi connectivity index (χ2n) is 10.2. The van der Waals surface area contributed by atoms with Crippen LogP contribution in [0.1, 0.15) is 60.2 Å². The van der Waals surface area contributed by atoms with Crippen molar-refractivity contribution in [2.75, 3.05) is 13.2 Å². The molecule has 38 heavy (non-hydrogen) atoms. The molecule has 0 radical (unpaired) electrons. The van der Waals surface area contributed by atoms with Crippen LogP contribution in [0.2, 0.25) is 5.02 Å². The number of rotatable bonds is 6. The van der Waals surface area contributed by atoms with E-state index in [9.17, 15) is 4.79 Å². The SMILES string of the molecule is Cc1nc2c(-c3ccc(Cl)cc3F)cc(C3CCOC(c4ccnc(OCC5CC5)c4)C3)nn2c(=O)c1C. The van der Waals surface area contributed by atoms with Crippen molar-refractivity contribution in [1.29, 1.82) is 0 Å². The van der Waals surface area contributed by atoms with Gasteiger partial charge in [-0.2, -0.15) is 9.61 Å². The van der Waals surface area contributed by atoms with E-state index < -0.39 is 5.82 Å². The second kappa shape index (κ2) is 10.1. The fourth-order valence-electron chi connectivity index (χ4n) is 4.92. The summed E-state index contributed by atoms with van der Waals surface area (Å²) in [7, 11) is 0. The Bertz CT molecular complexity index is 1590. The zero-order valence-electron chi connectivity index (χ0n) is 21.3. The molecule has 4 aromatic rings. The maximum atomic E-state index is 15.1. The standard InChI is InChI=1S/C29H28ClFN4O3/c1-16-17(2)33-28-23(22-6-5-21(30)13-24(22)31)14-25(34-35(28)29(16)36)19-8-10-37-26(11-19)20-7-9-32-27(12-20)38-15-18-3-4-18/h5-7,9,12-14,18-19,26H,3-4,8,10-11,15H2,1-2H3. The van der Waals surface area contributed by atoms with E-state index in [2.05, 4.69) is 9.97 Å². The highest BCUT2D eigenvalue weighted by molar-refractivity contribution is 6.30. The fraction of sp³-hybridized carbons (Fsp3) is 0.379. The number of hydrogen-bond donors (Lipinski definition) is 0. The first-order chi connectivity index (χ1) is 18.4. The van der Waals surface area contributed by atoms with Crippen molar-refractivity contribution < 1.29 is 13.9 Å². The first-order valence-corrected chi connectivity index (χ1v) is 13.3. The van der Waals surface area contributed by atoms with Gasteiger partial charge in [-0.1, -0.05) is 11.6 Å². The Labute approximate surface area is 224 Å². The molecule has 1 aromatic carbocycles. The number of aromatic nitrogens is 4. The topological polar surface area (TPSA) is 78.6 Å². The van der Waals surface area contributed by atoms with E-state index in [0.717, 1.165) is 12.0 Å². The third-order valence-electron chi connectivity index (χ3n) is 7.50. The van der Waals surface area contributed by atoms with Gasteiger partial charge in [-0.15, -0.1) is 0 Å². The van der Waals surface area contributed by atoms with Crippen LogP contribution >= 0.6 is 11.6 Å². The highest BCUT2D eigenvalue weighted by Crippen LogP contribution is 2.39. The van der Waals surface area contributed by atoms with Crippen molar-refractivity contribution in [3.8, 4) is 17.0 Å². The van der Waals surface area contributed by atoms with E-state index in [1.807, 2.05) is 18.2 Å². The van der Waals surface area contributed by atoms with Gasteiger partial charge in [-0.25, -0.2) is 14.4 Å². The van der Waals surface area contributed by atoms with Crippen LogP contribution in [0.15, 0.2) is 47.4 Å². The van der Waals surface area contributed by atoms with Gasteiger partial charge in [0.1, 0.15) is 5.82 Å². The second-order valence-corrected chi connectivity index (χ2v) is 10.7. The molecule has 0 amide bonds. The highest BCUT2D eigenvalue weighted by Gasteiger charge is 2.29. The lowest BCUT2D eigenvalue weighted by molar-refractivity contribution is 0.00428. The van der Waals surface area contributed by atoms with Crippen molar-refractivity contribution >= 4 is 17.2 Å². The zero-order valence-corrected chi connectivity index (χ0v) is 22.0. The van der Waals surface area contributed by atoms with Crippen LogP contribution < -0.4 is 10.3 Å².